The molecular formula is C22H15Cl2F3N10O2. The number of aryl methyl sites for hydroxylation is 1. The lowest BCUT2D eigenvalue weighted by Crippen LogP contribution is -2.22. The summed E-state index contributed by atoms with van der Waals surface area (Å²) in [4.78, 5) is 30.0. The molecule has 0 saturated carbocycles. The monoisotopic (exact) mass is 578 g/mol. The predicted octanol–water partition coefficient (Wildman–Crippen LogP) is 3.77. The summed E-state index contributed by atoms with van der Waals surface area (Å²) in [6, 6.07) is 4.39. The number of nitrogens with zero attached hydrogens (tertiary/aromatic N) is 7. The molecule has 0 aliphatic rings. The summed E-state index contributed by atoms with van der Waals surface area (Å²) >= 11 is 12.3. The Morgan fingerprint density at radius 3 is 2.62 bits per heavy atom. The van der Waals surface area contributed by atoms with Gasteiger partial charge in [-0.05, 0) is 30.7 Å². The Bertz CT molecular complexity index is 1760. The second-order valence-electron chi connectivity index (χ2n) is 8.29. The van der Waals surface area contributed by atoms with E-state index in [1.165, 1.54) is 24.5 Å². The largest absolute Gasteiger partial charge is 0.436 e. The first-order valence-corrected chi connectivity index (χ1v) is 11.6. The van der Waals surface area contributed by atoms with E-state index in [1.54, 1.807) is 13.0 Å². The van der Waals surface area contributed by atoms with Gasteiger partial charge in [0.2, 0.25) is 0 Å². The summed E-state index contributed by atoms with van der Waals surface area (Å²) in [5.41, 5.74) is 5.41. The van der Waals surface area contributed by atoms with Gasteiger partial charge in [-0.1, -0.05) is 28.4 Å². The zero-order chi connectivity index (χ0) is 28.1. The maximum atomic E-state index is 13.6. The number of hydrogen-bond acceptors (Lipinski definition) is 7. The number of carbonyl (C=O) groups excluding carboxylic acids is 2. The van der Waals surface area contributed by atoms with Gasteiger partial charge >= 0.3 is 6.18 Å². The van der Waals surface area contributed by atoms with E-state index >= 15 is 0 Å². The van der Waals surface area contributed by atoms with Crippen LogP contribution >= 0.6 is 23.2 Å². The van der Waals surface area contributed by atoms with Crippen molar-refractivity contribution in [2.75, 3.05) is 5.32 Å². The lowest BCUT2D eigenvalue weighted by atomic mass is 10.0. The van der Waals surface area contributed by atoms with E-state index < -0.39 is 23.7 Å². The van der Waals surface area contributed by atoms with Crippen molar-refractivity contribution in [1.82, 2.24) is 40.0 Å². The van der Waals surface area contributed by atoms with E-state index in [-0.39, 0.29) is 45.0 Å². The van der Waals surface area contributed by atoms with Crippen molar-refractivity contribution >= 4 is 51.6 Å². The van der Waals surface area contributed by atoms with Gasteiger partial charge in [0, 0.05) is 11.6 Å². The standard InChI is InChI=1S/C22H15Cl2F3N10O2/c1-9-2-10-5-30-33-18(10)16(19(28)38)17(9)31-21(39)14-4-12(7-36-8-15(32-35-36)22(25,26)27)34-37(14)20-13(24)3-11(23)6-29-20/h2-6,8H,7H2,1H3,(H2,28,38)(H,30,33)(H,31,39). The summed E-state index contributed by atoms with van der Waals surface area (Å²) in [6.07, 6.45) is -1.20. The van der Waals surface area contributed by atoms with Gasteiger partial charge in [-0.3, -0.25) is 14.7 Å². The van der Waals surface area contributed by atoms with Crippen LogP contribution in [0, 0.1) is 6.92 Å². The van der Waals surface area contributed by atoms with Crippen molar-refractivity contribution in [1.29, 1.82) is 0 Å². The molecule has 12 nitrogen and oxygen atoms in total. The normalized spacial score (nSPS) is 11.7. The first kappa shape index (κ1) is 26.1. The minimum atomic E-state index is -4.69. The van der Waals surface area contributed by atoms with Gasteiger partial charge < -0.3 is 11.1 Å². The number of primary amides is 1. The minimum absolute atomic E-state index is 0.00656. The van der Waals surface area contributed by atoms with Crippen molar-refractivity contribution in [3.05, 3.63) is 75.0 Å². The average Bonchev–Trinajstić information content (AvgIpc) is 3.59. The summed E-state index contributed by atoms with van der Waals surface area (Å²) < 4.78 is 40.9. The number of hydrogen-bond donors (Lipinski definition) is 3. The summed E-state index contributed by atoms with van der Waals surface area (Å²) in [7, 11) is 0. The zero-order valence-electron chi connectivity index (χ0n) is 19.6. The zero-order valence-corrected chi connectivity index (χ0v) is 21.1. The van der Waals surface area contributed by atoms with Crippen LogP contribution in [0.2, 0.25) is 10.0 Å². The number of alkyl halides is 3. The Morgan fingerprint density at radius 2 is 1.95 bits per heavy atom. The van der Waals surface area contributed by atoms with Crippen LogP contribution in [0.3, 0.4) is 0 Å². The van der Waals surface area contributed by atoms with Crippen molar-refractivity contribution in [2.45, 2.75) is 19.6 Å². The molecule has 0 fully saturated rings. The number of benzene rings is 1. The van der Waals surface area contributed by atoms with Gasteiger partial charge in [0.15, 0.2) is 11.5 Å². The molecule has 0 bridgehead atoms. The molecule has 39 heavy (non-hydrogen) atoms. The van der Waals surface area contributed by atoms with Gasteiger partial charge in [-0.25, -0.2) is 14.3 Å². The molecule has 4 N–H and O–H groups in total. The van der Waals surface area contributed by atoms with Gasteiger partial charge in [0.25, 0.3) is 11.8 Å². The number of anilines is 1. The summed E-state index contributed by atoms with van der Waals surface area (Å²) in [6.45, 7) is 1.39. The molecule has 0 aliphatic heterocycles. The van der Waals surface area contributed by atoms with Crippen LogP contribution in [-0.2, 0) is 12.7 Å². The van der Waals surface area contributed by atoms with Gasteiger partial charge in [0.05, 0.1) is 51.4 Å². The first-order chi connectivity index (χ1) is 18.4. The Hall–Kier alpha value is -4.50. The van der Waals surface area contributed by atoms with Gasteiger partial charge in [-0.15, -0.1) is 5.10 Å². The minimum Gasteiger partial charge on any atom is -0.365 e. The third-order valence-electron chi connectivity index (χ3n) is 5.55. The molecule has 0 atom stereocenters. The molecule has 0 saturated heterocycles. The maximum Gasteiger partial charge on any atom is 0.436 e. The summed E-state index contributed by atoms with van der Waals surface area (Å²) in [5, 5.41) is 21.0. The fourth-order valence-corrected chi connectivity index (χ4v) is 4.34. The molecular weight excluding hydrogens is 564 g/mol. The van der Waals surface area contributed by atoms with Crippen LogP contribution in [0.1, 0.15) is 37.8 Å². The molecule has 200 valence electrons. The first-order valence-electron chi connectivity index (χ1n) is 10.9. The van der Waals surface area contributed by atoms with E-state index in [4.69, 9.17) is 28.9 Å². The fraction of sp³-hybridized carbons (Fsp3) is 0.136. The Morgan fingerprint density at radius 1 is 1.18 bits per heavy atom. The number of amides is 2. The molecule has 0 spiro atoms. The molecule has 0 radical (unpaired) electrons. The maximum absolute atomic E-state index is 13.6. The highest BCUT2D eigenvalue weighted by Crippen LogP contribution is 2.30. The van der Waals surface area contributed by atoms with E-state index in [0.29, 0.717) is 22.7 Å². The number of nitrogens with one attached hydrogen (secondary N) is 2. The number of halogens is 5. The molecule has 0 aliphatic carbocycles. The second-order valence-corrected chi connectivity index (χ2v) is 9.13. The number of fused-ring (bicyclic) bond motifs is 1. The fourth-order valence-electron chi connectivity index (χ4n) is 3.88. The van der Waals surface area contributed by atoms with Crippen LogP contribution in [0.5, 0.6) is 0 Å². The SMILES string of the molecule is Cc1cc2cn[nH]c2c(C(N)=O)c1NC(=O)c1cc(Cn2cc(C(F)(F)F)nn2)nn1-c1ncc(Cl)cc1Cl. The van der Waals surface area contributed by atoms with Gasteiger partial charge in [-0.2, -0.15) is 23.4 Å². The molecule has 17 heteroatoms. The van der Waals surface area contributed by atoms with Crippen molar-refractivity contribution in [3.63, 3.8) is 0 Å². The van der Waals surface area contributed by atoms with Crippen molar-refractivity contribution < 1.29 is 22.8 Å². The van der Waals surface area contributed by atoms with Crippen LogP contribution in [0.4, 0.5) is 18.9 Å². The van der Waals surface area contributed by atoms with Crippen LogP contribution < -0.4 is 11.1 Å². The van der Waals surface area contributed by atoms with E-state index in [1.807, 2.05) is 0 Å². The molecule has 1 aromatic carbocycles. The number of aromatic amines is 1. The number of H-pyrrole nitrogens is 1. The topological polar surface area (TPSA) is 162 Å². The van der Waals surface area contributed by atoms with Crippen LogP contribution in [0.25, 0.3) is 16.7 Å². The summed E-state index contributed by atoms with van der Waals surface area (Å²) in [5.74, 6) is -1.55. The number of nitrogens with two attached hydrogens (primary N) is 1. The number of carbonyl (C=O) groups is 2. The lowest BCUT2D eigenvalue weighted by molar-refractivity contribution is -0.141. The molecule has 4 aromatic heterocycles. The van der Waals surface area contributed by atoms with E-state index in [2.05, 4.69) is 35.9 Å². The molecule has 5 rings (SSSR count). The van der Waals surface area contributed by atoms with Crippen molar-refractivity contribution in [2.24, 2.45) is 5.73 Å². The lowest BCUT2D eigenvalue weighted by Gasteiger charge is -2.14. The Kier molecular flexibility index (Phi) is 6.47. The highest BCUT2D eigenvalue weighted by Gasteiger charge is 2.34. The quantitative estimate of drug-likeness (QED) is 0.276. The van der Waals surface area contributed by atoms with E-state index in [9.17, 15) is 22.8 Å². The number of rotatable bonds is 6. The Labute approximate surface area is 225 Å². The highest BCUT2D eigenvalue weighted by atomic mass is 35.5. The molecule has 0 unspecified atom stereocenters. The highest BCUT2D eigenvalue weighted by molar-refractivity contribution is 6.35. The second kappa shape index (κ2) is 9.67. The number of aromatic nitrogens is 8. The van der Waals surface area contributed by atoms with Crippen LogP contribution in [-0.4, -0.2) is 51.8 Å². The number of pyridine rings is 1. The Balaban J connectivity index is 1.58. The van der Waals surface area contributed by atoms with E-state index in [0.717, 1.165) is 9.36 Å². The third kappa shape index (κ3) is 5.00. The van der Waals surface area contributed by atoms with Crippen molar-refractivity contribution in [3.8, 4) is 5.82 Å². The molecule has 5 aromatic rings. The third-order valence-corrected chi connectivity index (χ3v) is 6.04. The molecule has 4 heterocycles. The smallest absolute Gasteiger partial charge is 0.365 e. The average molecular weight is 579 g/mol. The van der Waals surface area contributed by atoms with Crippen LogP contribution in [0.15, 0.2) is 36.8 Å². The molecule has 2 amide bonds. The van der Waals surface area contributed by atoms with Gasteiger partial charge in [0.1, 0.15) is 5.69 Å². The predicted molar refractivity (Wildman–Crippen MR) is 133 cm³/mol.